The fraction of sp³-hybridized carbons (Fsp3) is 0.533. The van der Waals surface area contributed by atoms with Gasteiger partial charge in [0, 0.05) is 26.2 Å². The highest BCUT2D eigenvalue weighted by Gasteiger charge is 2.17. The van der Waals surface area contributed by atoms with Gasteiger partial charge in [-0.2, -0.15) is 0 Å². The number of piperazine rings is 1. The number of amidine groups is 1. The van der Waals surface area contributed by atoms with Crippen LogP contribution in [0.5, 0.6) is 0 Å². The molecule has 1 fully saturated rings. The highest BCUT2D eigenvalue weighted by molar-refractivity contribution is 5.81. The molecule has 3 N–H and O–H groups in total. The first kappa shape index (κ1) is 14.8. The van der Waals surface area contributed by atoms with Gasteiger partial charge in [0.15, 0.2) is 5.84 Å². The molecule has 0 unspecified atom stereocenters. The van der Waals surface area contributed by atoms with Gasteiger partial charge in [-0.05, 0) is 24.9 Å². The summed E-state index contributed by atoms with van der Waals surface area (Å²) in [4.78, 5) is 4.72. The van der Waals surface area contributed by atoms with E-state index in [1.165, 1.54) is 12.0 Å². The summed E-state index contributed by atoms with van der Waals surface area (Å²) in [7, 11) is 0. The fourth-order valence-corrected chi connectivity index (χ4v) is 2.58. The van der Waals surface area contributed by atoms with Crippen molar-refractivity contribution in [1.82, 2.24) is 9.80 Å². The molecule has 1 aromatic carbocycles. The van der Waals surface area contributed by atoms with Crippen LogP contribution in [-0.4, -0.2) is 60.1 Å². The van der Waals surface area contributed by atoms with Crippen molar-refractivity contribution >= 4 is 5.84 Å². The van der Waals surface area contributed by atoms with Crippen LogP contribution in [0.25, 0.3) is 0 Å². The summed E-state index contributed by atoms with van der Waals surface area (Å²) in [5, 5.41) is 11.6. The number of oxime groups is 1. The van der Waals surface area contributed by atoms with E-state index in [0.717, 1.165) is 39.1 Å². The van der Waals surface area contributed by atoms with Crippen LogP contribution in [0.1, 0.15) is 12.0 Å². The molecule has 1 aliphatic heterocycles. The van der Waals surface area contributed by atoms with Crippen LogP contribution in [0, 0.1) is 0 Å². The molecule has 0 spiro atoms. The number of rotatable bonds is 6. The van der Waals surface area contributed by atoms with Gasteiger partial charge in [0.1, 0.15) is 0 Å². The first-order valence-corrected chi connectivity index (χ1v) is 7.23. The van der Waals surface area contributed by atoms with Crippen molar-refractivity contribution in [2.75, 3.05) is 39.3 Å². The number of nitrogens with zero attached hydrogens (tertiary/aromatic N) is 3. The van der Waals surface area contributed by atoms with Crippen molar-refractivity contribution in [3.63, 3.8) is 0 Å². The molecule has 0 amide bonds. The van der Waals surface area contributed by atoms with Crippen molar-refractivity contribution in [1.29, 1.82) is 0 Å². The molecule has 2 rings (SSSR count). The zero-order valence-corrected chi connectivity index (χ0v) is 11.9. The van der Waals surface area contributed by atoms with Gasteiger partial charge in [0.25, 0.3) is 0 Å². The van der Waals surface area contributed by atoms with E-state index in [2.05, 4.69) is 45.3 Å². The lowest BCUT2D eigenvalue weighted by molar-refractivity contribution is 0.143. The Morgan fingerprint density at radius 1 is 1.10 bits per heavy atom. The third-order valence-electron chi connectivity index (χ3n) is 3.76. The summed E-state index contributed by atoms with van der Waals surface area (Å²) in [6, 6.07) is 10.6. The summed E-state index contributed by atoms with van der Waals surface area (Å²) >= 11 is 0. The molecule has 1 heterocycles. The molecule has 110 valence electrons. The summed E-state index contributed by atoms with van der Waals surface area (Å²) < 4.78 is 0. The lowest BCUT2D eigenvalue weighted by Crippen LogP contribution is -2.49. The molecule has 0 radical (unpaired) electrons. The number of hydrogen-bond donors (Lipinski definition) is 2. The Morgan fingerprint density at radius 2 is 1.75 bits per heavy atom. The minimum atomic E-state index is 0.294. The highest BCUT2D eigenvalue weighted by atomic mass is 16.4. The van der Waals surface area contributed by atoms with Crippen LogP contribution in [0.15, 0.2) is 35.5 Å². The van der Waals surface area contributed by atoms with Gasteiger partial charge in [-0.15, -0.1) is 0 Å². The number of hydrogen-bond acceptors (Lipinski definition) is 4. The lowest BCUT2D eigenvalue weighted by atomic mass is 10.1. The van der Waals surface area contributed by atoms with Gasteiger partial charge >= 0.3 is 0 Å². The van der Waals surface area contributed by atoms with E-state index in [1.807, 2.05) is 0 Å². The molecule has 1 aromatic rings. The Bertz CT molecular complexity index is 413. The number of nitrogens with two attached hydrogens (primary N) is 1. The van der Waals surface area contributed by atoms with Gasteiger partial charge < -0.3 is 15.8 Å². The maximum absolute atomic E-state index is 8.57. The largest absolute Gasteiger partial charge is 0.409 e. The lowest BCUT2D eigenvalue weighted by Gasteiger charge is -2.34. The molecule has 0 bridgehead atoms. The number of benzene rings is 1. The van der Waals surface area contributed by atoms with E-state index in [1.54, 1.807) is 0 Å². The standard InChI is InChI=1S/C15H24N4O/c16-15(17-20)13-19-11-9-18(10-12-19)8-4-7-14-5-2-1-3-6-14/h1-3,5-6,20H,4,7-13H2,(H2,16,17). The van der Waals surface area contributed by atoms with E-state index >= 15 is 0 Å². The van der Waals surface area contributed by atoms with Crippen molar-refractivity contribution in [3.05, 3.63) is 35.9 Å². The Labute approximate surface area is 120 Å². The van der Waals surface area contributed by atoms with Crippen LogP contribution in [-0.2, 0) is 6.42 Å². The molecular formula is C15H24N4O. The monoisotopic (exact) mass is 276 g/mol. The molecule has 0 saturated carbocycles. The third-order valence-corrected chi connectivity index (χ3v) is 3.76. The maximum atomic E-state index is 8.57. The van der Waals surface area contributed by atoms with Crippen molar-refractivity contribution in [2.24, 2.45) is 10.9 Å². The van der Waals surface area contributed by atoms with E-state index < -0.39 is 0 Å². The molecule has 1 saturated heterocycles. The molecular weight excluding hydrogens is 252 g/mol. The average molecular weight is 276 g/mol. The highest BCUT2D eigenvalue weighted by Crippen LogP contribution is 2.06. The Morgan fingerprint density at radius 3 is 2.40 bits per heavy atom. The van der Waals surface area contributed by atoms with Gasteiger partial charge in [-0.25, -0.2) is 0 Å². The molecule has 5 nitrogen and oxygen atoms in total. The van der Waals surface area contributed by atoms with Gasteiger partial charge in [0.2, 0.25) is 0 Å². The van der Waals surface area contributed by atoms with E-state index in [4.69, 9.17) is 10.9 Å². The Balaban J connectivity index is 1.62. The van der Waals surface area contributed by atoms with Gasteiger partial charge in [-0.1, -0.05) is 35.5 Å². The molecule has 0 aromatic heterocycles. The second kappa shape index (κ2) is 7.87. The minimum Gasteiger partial charge on any atom is -0.409 e. The summed E-state index contributed by atoms with van der Waals surface area (Å²) in [5.41, 5.74) is 6.94. The van der Waals surface area contributed by atoms with Gasteiger partial charge in [0.05, 0.1) is 6.54 Å². The minimum absolute atomic E-state index is 0.294. The Kier molecular flexibility index (Phi) is 5.83. The van der Waals surface area contributed by atoms with Crippen LogP contribution < -0.4 is 5.73 Å². The normalized spacial score (nSPS) is 18.3. The second-order valence-electron chi connectivity index (χ2n) is 5.30. The van der Waals surface area contributed by atoms with E-state index in [9.17, 15) is 0 Å². The average Bonchev–Trinajstić information content (AvgIpc) is 2.50. The number of aryl methyl sites for hydroxylation is 1. The molecule has 0 atom stereocenters. The molecule has 20 heavy (non-hydrogen) atoms. The predicted molar refractivity (Wildman–Crippen MR) is 81.1 cm³/mol. The van der Waals surface area contributed by atoms with E-state index in [-0.39, 0.29) is 0 Å². The van der Waals surface area contributed by atoms with Crippen molar-refractivity contribution in [2.45, 2.75) is 12.8 Å². The molecule has 0 aliphatic carbocycles. The molecule has 1 aliphatic rings. The second-order valence-corrected chi connectivity index (χ2v) is 5.30. The quantitative estimate of drug-likeness (QED) is 0.352. The van der Waals surface area contributed by atoms with Crippen molar-refractivity contribution in [3.8, 4) is 0 Å². The Hall–Kier alpha value is -1.59. The van der Waals surface area contributed by atoms with Crippen LogP contribution >= 0.6 is 0 Å². The summed E-state index contributed by atoms with van der Waals surface area (Å²) in [6.45, 7) is 5.81. The predicted octanol–water partition coefficient (Wildman–Crippen LogP) is 0.983. The van der Waals surface area contributed by atoms with Crippen LogP contribution in [0.4, 0.5) is 0 Å². The SMILES string of the molecule is NC(CN1CCN(CCCc2ccccc2)CC1)=NO. The van der Waals surface area contributed by atoms with Gasteiger partial charge in [-0.3, -0.25) is 4.90 Å². The first-order valence-electron chi connectivity index (χ1n) is 7.23. The third kappa shape index (κ3) is 4.83. The first-order chi connectivity index (χ1) is 9.78. The maximum Gasteiger partial charge on any atom is 0.153 e. The van der Waals surface area contributed by atoms with E-state index in [0.29, 0.717) is 12.4 Å². The fourth-order valence-electron chi connectivity index (χ4n) is 2.58. The molecule has 5 heteroatoms. The smallest absolute Gasteiger partial charge is 0.153 e. The summed E-state index contributed by atoms with van der Waals surface area (Å²) in [5.74, 6) is 0.294. The zero-order valence-electron chi connectivity index (χ0n) is 11.9. The topological polar surface area (TPSA) is 65.1 Å². The zero-order chi connectivity index (χ0) is 14.2. The van der Waals surface area contributed by atoms with Crippen LogP contribution in [0.2, 0.25) is 0 Å². The summed E-state index contributed by atoms with van der Waals surface area (Å²) in [6.07, 6.45) is 2.34. The van der Waals surface area contributed by atoms with Crippen molar-refractivity contribution < 1.29 is 5.21 Å². The van der Waals surface area contributed by atoms with Crippen LogP contribution in [0.3, 0.4) is 0 Å².